The Labute approximate surface area is 40.9 Å². The second kappa shape index (κ2) is 4.70. The first-order valence-electron chi connectivity index (χ1n) is 1.55. The highest BCUT2D eigenvalue weighted by Crippen LogP contribution is 1.64. The average molecular weight is 96.1 g/mol. The van der Waals surface area contributed by atoms with Crippen LogP contribution in [0.3, 0.4) is 0 Å². The second-order valence-corrected chi connectivity index (χ2v) is 0.660. The average Bonchev–Trinajstić information content (AvgIpc) is 1.69. The van der Waals surface area contributed by atoms with Crippen LogP contribution in [-0.2, 0) is 4.74 Å². The van der Waals surface area contributed by atoms with E-state index in [1.165, 1.54) is 0 Å². The fraction of sp³-hybridized carbons (Fsp3) is 0. The number of ether oxygens (including phenoxy) is 1. The topological polar surface area (TPSA) is 56.9 Å². The molecule has 0 heterocycles. The number of hydrogen-bond donors (Lipinski definition) is 2. The molecule has 7 heavy (non-hydrogen) atoms. The molecule has 0 aromatic rings. The van der Waals surface area contributed by atoms with Crippen molar-refractivity contribution in [3.8, 4) is 0 Å². The molecule has 0 radical (unpaired) electrons. The number of nitrogens with one attached hydrogen (secondary N) is 2. The van der Waals surface area contributed by atoms with E-state index in [4.69, 9.17) is 10.8 Å². The Morgan fingerprint density at radius 2 is 1.57 bits per heavy atom. The Balaban J connectivity index is 3.33. The van der Waals surface area contributed by atoms with Crippen LogP contribution in [0.2, 0.25) is 0 Å². The summed E-state index contributed by atoms with van der Waals surface area (Å²) in [4.78, 5) is 0. The molecule has 0 aliphatic carbocycles. The van der Waals surface area contributed by atoms with Crippen LogP contribution < -0.4 is 0 Å². The maximum Gasteiger partial charge on any atom is 0.151 e. The van der Waals surface area contributed by atoms with Gasteiger partial charge in [0.05, 0.1) is 0 Å². The van der Waals surface area contributed by atoms with Crippen molar-refractivity contribution >= 4 is 11.7 Å². The summed E-state index contributed by atoms with van der Waals surface area (Å²) in [5.41, 5.74) is 0. The van der Waals surface area contributed by atoms with Crippen molar-refractivity contribution in [2.75, 3.05) is 0 Å². The van der Waals surface area contributed by atoms with E-state index in [1.807, 2.05) is 11.7 Å². The predicted molar refractivity (Wildman–Crippen MR) is 25.7 cm³/mol. The Kier molecular flexibility index (Phi) is 3.83. The first-order chi connectivity index (χ1) is 3.41. The third-order valence-electron chi connectivity index (χ3n) is 0.254. The Morgan fingerprint density at radius 1 is 1.14 bits per heavy atom. The minimum Gasteiger partial charge on any atom is -0.453 e. The zero-order valence-electron chi connectivity index (χ0n) is 3.56. The summed E-state index contributed by atoms with van der Waals surface area (Å²) >= 11 is 0. The molecule has 0 aliphatic heterocycles. The summed E-state index contributed by atoms with van der Waals surface area (Å²) in [5.74, 6) is 3.70. The quantitative estimate of drug-likeness (QED) is 0.382. The summed E-state index contributed by atoms with van der Waals surface area (Å²) in [5, 5.41) is 12.5. The second-order valence-electron chi connectivity index (χ2n) is 0.660. The highest BCUT2D eigenvalue weighted by atomic mass is 16.5. The zero-order chi connectivity index (χ0) is 5.54. The van der Waals surface area contributed by atoms with Crippen LogP contribution in [0, 0.1) is 10.8 Å². The van der Waals surface area contributed by atoms with E-state index in [0.29, 0.717) is 0 Å². The molecule has 3 heteroatoms. The lowest BCUT2D eigenvalue weighted by atomic mass is 11.0. The van der Waals surface area contributed by atoms with Gasteiger partial charge in [-0.1, -0.05) is 0 Å². The lowest BCUT2D eigenvalue weighted by Gasteiger charge is -1.75. The van der Waals surface area contributed by atoms with E-state index in [2.05, 4.69) is 4.74 Å². The van der Waals surface area contributed by atoms with E-state index in [1.54, 1.807) is 0 Å². The normalized spacial score (nSPS) is 5.14. The predicted octanol–water partition coefficient (Wildman–Crippen LogP) is 0.527. The van der Waals surface area contributed by atoms with Crippen molar-refractivity contribution in [3.05, 3.63) is 12.5 Å². The minimum absolute atomic E-state index is 1.02. The number of rotatable bonds is 2. The summed E-state index contributed by atoms with van der Waals surface area (Å²) in [6.07, 6.45) is 2.03. The highest BCUT2D eigenvalue weighted by molar-refractivity contribution is 5.48. The van der Waals surface area contributed by atoms with Crippen LogP contribution in [-0.4, -0.2) is 11.7 Å². The monoisotopic (exact) mass is 96.0 g/mol. The molecule has 0 fully saturated rings. The Hall–Kier alpha value is -1.30. The SMILES string of the molecule is N=C=COC=C=N. The lowest BCUT2D eigenvalue weighted by molar-refractivity contribution is 0.414. The fourth-order valence-corrected chi connectivity index (χ4v) is 0.102. The molecule has 0 rings (SSSR count). The van der Waals surface area contributed by atoms with E-state index in [9.17, 15) is 0 Å². The summed E-state index contributed by atoms with van der Waals surface area (Å²) in [6, 6.07) is 0. The Morgan fingerprint density at radius 3 is 1.86 bits per heavy atom. The molecule has 2 N–H and O–H groups in total. The molecule has 0 aromatic carbocycles. The van der Waals surface area contributed by atoms with E-state index >= 15 is 0 Å². The summed E-state index contributed by atoms with van der Waals surface area (Å²) < 4.78 is 4.28. The van der Waals surface area contributed by atoms with Crippen LogP contribution >= 0.6 is 0 Å². The van der Waals surface area contributed by atoms with Gasteiger partial charge in [-0.15, -0.1) is 0 Å². The molecule has 0 bridgehead atoms. The molecule has 0 saturated carbocycles. The van der Waals surface area contributed by atoms with Gasteiger partial charge in [0, 0.05) is 11.7 Å². The largest absolute Gasteiger partial charge is 0.453 e. The molecule has 0 unspecified atom stereocenters. The van der Waals surface area contributed by atoms with Gasteiger partial charge in [-0.2, -0.15) is 0 Å². The van der Waals surface area contributed by atoms with Gasteiger partial charge in [-0.25, -0.2) is 0 Å². The van der Waals surface area contributed by atoms with Gasteiger partial charge in [-0.3, -0.25) is 10.8 Å². The first-order valence-corrected chi connectivity index (χ1v) is 1.55. The third kappa shape index (κ3) is 4.70. The maximum atomic E-state index is 6.24. The molecule has 0 aromatic heterocycles. The van der Waals surface area contributed by atoms with Gasteiger partial charge in [0.25, 0.3) is 0 Å². The van der Waals surface area contributed by atoms with Gasteiger partial charge in [0.15, 0.2) is 12.5 Å². The minimum atomic E-state index is 1.02. The van der Waals surface area contributed by atoms with Crippen LogP contribution in [0.4, 0.5) is 0 Å². The van der Waals surface area contributed by atoms with Crippen LogP contribution in [0.25, 0.3) is 0 Å². The summed E-state index contributed by atoms with van der Waals surface area (Å²) in [7, 11) is 0. The van der Waals surface area contributed by atoms with Gasteiger partial charge in [-0.05, 0) is 0 Å². The van der Waals surface area contributed by atoms with Crippen molar-refractivity contribution in [3.63, 3.8) is 0 Å². The van der Waals surface area contributed by atoms with Crippen LogP contribution in [0.5, 0.6) is 0 Å². The van der Waals surface area contributed by atoms with E-state index in [-0.39, 0.29) is 0 Å². The van der Waals surface area contributed by atoms with Crippen molar-refractivity contribution in [2.24, 2.45) is 0 Å². The lowest BCUT2D eigenvalue weighted by Crippen LogP contribution is -1.62. The molecule has 0 amide bonds. The standard InChI is InChI=1S/C4H4N2O/c5-1-3-7-4-2-6/h3-6H. The molecular formula is C4H4N2O. The highest BCUT2D eigenvalue weighted by Gasteiger charge is 1.55. The molecule has 0 aliphatic rings. The maximum absolute atomic E-state index is 6.24. The molecular weight excluding hydrogens is 92.1 g/mol. The summed E-state index contributed by atoms with van der Waals surface area (Å²) in [6.45, 7) is 0. The van der Waals surface area contributed by atoms with Crippen LogP contribution in [0.1, 0.15) is 0 Å². The fourth-order valence-electron chi connectivity index (χ4n) is 0.102. The van der Waals surface area contributed by atoms with Gasteiger partial charge in [0.2, 0.25) is 0 Å². The van der Waals surface area contributed by atoms with Crippen molar-refractivity contribution in [2.45, 2.75) is 0 Å². The molecule has 36 valence electrons. The van der Waals surface area contributed by atoms with Gasteiger partial charge < -0.3 is 4.74 Å². The Bertz CT molecular complexity index is 113. The molecule has 0 atom stereocenters. The van der Waals surface area contributed by atoms with Crippen molar-refractivity contribution < 1.29 is 4.74 Å². The molecule has 3 nitrogen and oxygen atoms in total. The zero-order valence-corrected chi connectivity index (χ0v) is 3.56. The van der Waals surface area contributed by atoms with E-state index in [0.717, 1.165) is 12.5 Å². The van der Waals surface area contributed by atoms with Crippen molar-refractivity contribution in [1.29, 1.82) is 10.8 Å². The van der Waals surface area contributed by atoms with Crippen molar-refractivity contribution in [1.82, 2.24) is 0 Å². The van der Waals surface area contributed by atoms with Gasteiger partial charge in [0.1, 0.15) is 0 Å². The van der Waals surface area contributed by atoms with Crippen LogP contribution in [0.15, 0.2) is 12.5 Å². The number of hydrogen-bond acceptors (Lipinski definition) is 3. The molecule has 0 spiro atoms. The third-order valence-corrected chi connectivity index (χ3v) is 0.254. The first kappa shape index (κ1) is 5.70. The van der Waals surface area contributed by atoms with Gasteiger partial charge >= 0.3 is 0 Å². The van der Waals surface area contributed by atoms with E-state index < -0.39 is 0 Å². The smallest absolute Gasteiger partial charge is 0.151 e. The molecule has 0 saturated heterocycles.